The van der Waals surface area contributed by atoms with Crippen molar-refractivity contribution >= 4 is 0 Å². The summed E-state index contributed by atoms with van der Waals surface area (Å²) in [5, 5.41) is 12.4. The van der Waals surface area contributed by atoms with E-state index >= 15 is 0 Å². The Bertz CT molecular complexity index is 136. The standard InChI is InChI=1S/C12H28N2O/c1-5-14(6-2)9-7-8-11(3)13-10-12(4)15/h11-13,15H,5-10H2,1-4H3/t11?,12-/m1/s1. The van der Waals surface area contributed by atoms with Crippen LogP contribution in [0.1, 0.15) is 40.5 Å². The molecule has 0 saturated heterocycles. The van der Waals surface area contributed by atoms with Crippen LogP contribution in [0, 0.1) is 0 Å². The highest BCUT2D eigenvalue weighted by molar-refractivity contribution is 4.64. The van der Waals surface area contributed by atoms with Gasteiger partial charge in [-0.05, 0) is 46.3 Å². The average molecular weight is 216 g/mol. The molecule has 0 aliphatic heterocycles. The lowest BCUT2D eigenvalue weighted by Crippen LogP contribution is -2.33. The van der Waals surface area contributed by atoms with Gasteiger partial charge in [0.2, 0.25) is 0 Å². The first kappa shape index (κ1) is 14.9. The number of aliphatic hydroxyl groups excluding tert-OH is 1. The Morgan fingerprint density at radius 2 is 1.80 bits per heavy atom. The SMILES string of the molecule is CCN(CC)CCCC(C)NC[C@@H](C)O. The van der Waals surface area contributed by atoms with Crippen LogP contribution in [0.5, 0.6) is 0 Å². The van der Waals surface area contributed by atoms with Gasteiger partial charge in [-0.1, -0.05) is 13.8 Å². The number of hydrogen-bond acceptors (Lipinski definition) is 3. The number of rotatable bonds is 9. The van der Waals surface area contributed by atoms with E-state index in [2.05, 4.69) is 31.0 Å². The van der Waals surface area contributed by atoms with Crippen LogP contribution >= 0.6 is 0 Å². The largest absolute Gasteiger partial charge is 0.392 e. The molecule has 2 N–H and O–H groups in total. The first-order valence-corrected chi connectivity index (χ1v) is 6.23. The molecule has 0 rings (SSSR count). The van der Waals surface area contributed by atoms with Gasteiger partial charge in [-0.15, -0.1) is 0 Å². The second-order valence-electron chi connectivity index (χ2n) is 4.33. The van der Waals surface area contributed by atoms with E-state index in [9.17, 15) is 0 Å². The number of hydrogen-bond donors (Lipinski definition) is 2. The highest BCUT2D eigenvalue weighted by atomic mass is 16.3. The van der Waals surface area contributed by atoms with Crippen molar-refractivity contribution in [2.75, 3.05) is 26.2 Å². The Morgan fingerprint density at radius 3 is 2.27 bits per heavy atom. The molecule has 0 aromatic rings. The molecule has 0 bridgehead atoms. The fraction of sp³-hybridized carbons (Fsp3) is 1.00. The van der Waals surface area contributed by atoms with Crippen LogP contribution in [-0.4, -0.2) is 48.3 Å². The zero-order valence-corrected chi connectivity index (χ0v) is 10.8. The Labute approximate surface area is 94.9 Å². The van der Waals surface area contributed by atoms with E-state index in [1.807, 2.05) is 6.92 Å². The van der Waals surface area contributed by atoms with E-state index in [1.54, 1.807) is 0 Å². The summed E-state index contributed by atoms with van der Waals surface area (Å²) in [7, 11) is 0. The minimum absolute atomic E-state index is 0.241. The van der Waals surface area contributed by atoms with Gasteiger partial charge < -0.3 is 15.3 Å². The van der Waals surface area contributed by atoms with Gasteiger partial charge in [0.25, 0.3) is 0 Å². The lowest BCUT2D eigenvalue weighted by atomic mass is 10.1. The molecule has 92 valence electrons. The van der Waals surface area contributed by atoms with Crippen molar-refractivity contribution in [3.05, 3.63) is 0 Å². The third-order valence-corrected chi connectivity index (χ3v) is 2.77. The van der Waals surface area contributed by atoms with Crippen LogP contribution in [0.3, 0.4) is 0 Å². The quantitative estimate of drug-likeness (QED) is 0.612. The smallest absolute Gasteiger partial charge is 0.0636 e. The zero-order chi connectivity index (χ0) is 11.7. The lowest BCUT2D eigenvalue weighted by molar-refractivity contribution is 0.185. The molecule has 0 radical (unpaired) electrons. The average Bonchev–Trinajstić information content (AvgIpc) is 2.21. The van der Waals surface area contributed by atoms with Gasteiger partial charge in [0.1, 0.15) is 0 Å². The molecule has 0 saturated carbocycles. The maximum Gasteiger partial charge on any atom is 0.0636 e. The van der Waals surface area contributed by atoms with E-state index in [1.165, 1.54) is 19.4 Å². The fourth-order valence-corrected chi connectivity index (χ4v) is 1.63. The van der Waals surface area contributed by atoms with Gasteiger partial charge in [-0.25, -0.2) is 0 Å². The molecule has 0 heterocycles. The number of aliphatic hydroxyl groups is 1. The molecule has 0 aromatic heterocycles. The van der Waals surface area contributed by atoms with Gasteiger partial charge in [0.05, 0.1) is 6.10 Å². The summed E-state index contributed by atoms with van der Waals surface area (Å²) in [5.74, 6) is 0. The second-order valence-corrected chi connectivity index (χ2v) is 4.33. The van der Waals surface area contributed by atoms with Crippen LogP contribution in [0.25, 0.3) is 0 Å². The molecule has 0 fully saturated rings. The van der Waals surface area contributed by atoms with Crippen LogP contribution in [0.2, 0.25) is 0 Å². The zero-order valence-electron chi connectivity index (χ0n) is 10.8. The summed E-state index contributed by atoms with van der Waals surface area (Å²) >= 11 is 0. The first-order valence-electron chi connectivity index (χ1n) is 6.23. The van der Waals surface area contributed by atoms with E-state index in [0.717, 1.165) is 13.1 Å². The van der Waals surface area contributed by atoms with E-state index in [4.69, 9.17) is 5.11 Å². The summed E-state index contributed by atoms with van der Waals surface area (Å²) in [4.78, 5) is 2.45. The molecule has 0 spiro atoms. The molecular formula is C12H28N2O. The summed E-state index contributed by atoms with van der Waals surface area (Å²) in [6.45, 7) is 12.6. The molecule has 0 amide bonds. The maximum atomic E-state index is 9.12. The molecule has 3 nitrogen and oxygen atoms in total. The molecule has 1 unspecified atom stereocenters. The third kappa shape index (κ3) is 8.85. The predicted molar refractivity (Wildman–Crippen MR) is 66.2 cm³/mol. The summed E-state index contributed by atoms with van der Waals surface area (Å²) < 4.78 is 0. The van der Waals surface area contributed by atoms with Crippen molar-refractivity contribution in [3.63, 3.8) is 0 Å². The van der Waals surface area contributed by atoms with E-state index in [0.29, 0.717) is 12.6 Å². The number of nitrogens with zero attached hydrogens (tertiary/aromatic N) is 1. The second kappa shape index (κ2) is 9.13. The maximum absolute atomic E-state index is 9.12. The van der Waals surface area contributed by atoms with Crippen LogP contribution in [0.4, 0.5) is 0 Å². The van der Waals surface area contributed by atoms with E-state index in [-0.39, 0.29) is 6.10 Å². The molecule has 0 aliphatic carbocycles. The molecule has 2 atom stereocenters. The lowest BCUT2D eigenvalue weighted by Gasteiger charge is -2.20. The van der Waals surface area contributed by atoms with Gasteiger partial charge in [0.15, 0.2) is 0 Å². The number of nitrogens with one attached hydrogen (secondary N) is 1. The molecule has 0 aromatic carbocycles. The predicted octanol–water partition coefficient (Wildman–Crippen LogP) is 1.47. The van der Waals surface area contributed by atoms with Crippen molar-refractivity contribution in [2.24, 2.45) is 0 Å². The minimum atomic E-state index is -0.241. The van der Waals surface area contributed by atoms with Crippen molar-refractivity contribution in [1.29, 1.82) is 0 Å². The van der Waals surface area contributed by atoms with Crippen molar-refractivity contribution in [3.8, 4) is 0 Å². The highest BCUT2D eigenvalue weighted by Crippen LogP contribution is 1.99. The molecule has 3 heteroatoms. The minimum Gasteiger partial charge on any atom is -0.392 e. The summed E-state index contributed by atoms with van der Waals surface area (Å²) in [6, 6.07) is 0.509. The van der Waals surface area contributed by atoms with Crippen molar-refractivity contribution in [2.45, 2.75) is 52.7 Å². The van der Waals surface area contributed by atoms with Gasteiger partial charge in [-0.2, -0.15) is 0 Å². The van der Waals surface area contributed by atoms with Gasteiger partial charge in [0, 0.05) is 12.6 Å². The summed E-state index contributed by atoms with van der Waals surface area (Å²) in [5.41, 5.74) is 0. The normalized spacial score (nSPS) is 15.6. The highest BCUT2D eigenvalue weighted by Gasteiger charge is 2.04. The van der Waals surface area contributed by atoms with Crippen LogP contribution in [0.15, 0.2) is 0 Å². The Hall–Kier alpha value is -0.120. The topological polar surface area (TPSA) is 35.5 Å². The van der Waals surface area contributed by atoms with Gasteiger partial charge in [-0.3, -0.25) is 0 Å². The fourth-order valence-electron chi connectivity index (χ4n) is 1.63. The Balaban J connectivity index is 3.41. The third-order valence-electron chi connectivity index (χ3n) is 2.77. The molecule has 0 aliphatic rings. The summed E-state index contributed by atoms with van der Waals surface area (Å²) in [6.07, 6.45) is 2.18. The van der Waals surface area contributed by atoms with Crippen LogP contribution in [-0.2, 0) is 0 Å². The Morgan fingerprint density at radius 1 is 1.20 bits per heavy atom. The molecular weight excluding hydrogens is 188 g/mol. The van der Waals surface area contributed by atoms with Gasteiger partial charge >= 0.3 is 0 Å². The monoisotopic (exact) mass is 216 g/mol. The Kier molecular flexibility index (Phi) is 9.06. The van der Waals surface area contributed by atoms with Crippen LogP contribution < -0.4 is 5.32 Å². The van der Waals surface area contributed by atoms with Crippen molar-refractivity contribution < 1.29 is 5.11 Å². The van der Waals surface area contributed by atoms with E-state index < -0.39 is 0 Å². The van der Waals surface area contributed by atoms with Crippen molar-refractivity contribution in [1.82, 2.24) is 10.2 Å². The molecule has 15 heavy (non-hydrogen) atoms. The first-order chi connectivity index (χ1) is 7.10.